The van der Waals surface area contributed by atoms with Crippen LogP contribution < -0.4 is 4.57 Å². The summed E-state index contributed by atoms with van der Waals surface area (Å²) in [4.78, 5) is 0. The van der Waals surface area contributed by atoms with Gasteiger partial charge in [-0.25, -0.2) is 8.97 Å². The van der Waals surface area contributed by atoms with Crippen LogP contribution in [0.15, 0.2) is 67.1 Å². The molecule has 0 saturated carbocycles. The zero-order chi connectivity index (χ0) is 14.4. The van der Waals surface area contributed by atoms with Gasteiger partial charge in [-0.3, -0.25) is 0 Å². The molecule has 0 unspecified atom stereocenters. The standard InChI is InChI=1S/C18H14ClN2/c1-20-10-11-21-12-14-4-2-3-5-16(14)17(18(20)21)13-6-8-15(19)9-7-13/h2-12H,1H3/q+1. The van der Waals surface area contributed by atoms with Crippen molar-refractivity contribution in [1.29, 1.82) is 0 Å². The number of imidazole rings is 1. The molecule has 4 rings (SSSR count). The zero-order valence-corrected chi connectivity index (χ0v) is 12.4. The van der Waals surface area contributed by atoms with E-state index in [4.69, 9.17) is 11.6 Å². The highest BCUT2D eigenvalue weighted by Crippen LogP contribution is 2.32. The predicted molar refractivity (Wildman–Crippen MR) is 86.5 cm³/mol. The second-order valence-electron chi connectivity index (χ2n) is 5.24. The number of benzene rings is 2. The maximum Gasteiger partial charge on any atom is 0.294 e. The Morgan fingerprint density at radius 2 is 1.76 bits per heavy atom. The lowest BCUT2D eigenvalue weighted by Gasteiger charge is -2.07. The van der Waals surface area contributed by atoms with Gasteiger partial charge in [-0.05, 0) is 17.7 Å². The van der Waals surface area contributed by atoms with E-state index in [1.807, 2.05) is 12.1 Å². The first-order chi connectivity index (χ1) is 10.2. The second-order valence-corrected chi connectivity index (χ2v) is 5.67. The van der Waals surface area contributed by atoms with Gasteiger partial charge in [0.15, 0.2) is 0 Å². The maximum absolute atomic E-state index is 6.04. The third kappa shape index (κ3) is 1.91. The predicted octanol–water partition coefficient (Wildman–Crippen LogP) is 4.24. The molecule has 0 bridgehead atoms. The van der Waals surface area contributed by atoms with Gasteiger partial charge in [-0.1, -0.05) is 48.0 Å². The first kappa shape index (κ1) is 12.4. The van der Waals surface area contributed by atoms with E-state index in [1.54, 1.807) is 0 Å². The smallest absolute Gasteiger partial charge is 0.232 e. The lowest BCUT2D eigenvalue weighted by Crippen LogP contribution is -2.26. The van der Waals surface area contributed by atoms with Crippen molar-refractivity contribution in [3.8, 4) is 11.1 Å². The minimum absolute atomic E-state index is 0.759. The first-order valence-electron chi connectivity index (χ1n) is 6.88. The number of aromatic nitrogens is 2. The summed E-state index contributed by atoms with van der Waals surface area (Å²) in [7, 11) is 2.07. The van der Waals surface area contributed by atoms with Gasteiger partial charge in [0, 0.05) is 15.8 Å². The van der Waals surface area contributed by atoms with Crippen LogP contribution in [0.1, 0.15) is 0 Å². The van der Waals surface area contributed by atoms with Gasteiger partial charge >= 0.3 is 0 Å². The number of aryl methyl sites for hydroxylation is 1. The molecule has 2 nitrogen and oxygen atoms in total. The average molecular weight is 294 g/mol. The molecule has 2 aromatic heterocycles. The van der Waals surface area contributed by atoms with Gasteiger partial charge in [-0.2, -0.15) is 0 Å². The SMILES string of the molecule is C[n+]1ccn2cc3ccccc3c(-c3ccc(Cl)cc3)c21. The van der Waals surface area contributed by atoms with Crippen molar-refractivity contribution in [2.24, 2.45) is 7.05 Å². The molecule has 2 heterocycles. The van der Waals surface area contributed by atoms with E-state index in [1.165, 1.54) is 27.5 Å². The molecule has 0 radical (unpaired) electrons. The van der Waals surface area contributed by atoms with E-state index < -0.39 is 0 Å². The summed E-state index contributed by atoms with van der Waals surface area (Å²) in [5.74, 6) is 0. The van der Waals surface area contributed by atoms with E-state index in [0.29, 0.717) is 0 Å². The fraction of sp³-hybridized carbons (Fsp3) is 0.0556. The normalized spacial score (nSPS) is 11.3. The summed E-state index contributed by atoms with van der Waals surface area (Å²) in [6, 6.07) is 16.5. The van der Waals surface area contributed by atoms with Crippen molar-refractivity contribution < 1.29 is 4.57 Å². The Kier molecular flexibility index (Phi) is 2.72. The van der Waals surface area contributed by atoms with Crippen LogP contribution in [-0.2, 0) is 7.05 Å². The Morgan fingerprint density at radius 3 is 2.57 bits per heavy atom. The Morgan fingerprint density at radius 1 is 1.00 bits per heavy atom. The highest BCUT2D eigenvalue weighted by Gasteiger charge is 2.18. The molecule has 0 aliphatic heterocycles. The molecule has 0 aliphatic rings. The molecule has 4 aromatic rings. The molecule has 0 fully saturated rings. The molecule has 0 N–H and O–H groups in total. The fourth-order valence-corrected chi connectivity index (χ4v) is 3.04. The minimum Gasteiger partial charge on any atom is -0.232 e. The summed E-state index contributed by atoms with van der Waals surface area (Å²) in [6.45, 7) is 0. The maximum atomic E-state index is 6.04. The minimum atomic E-state index is 0.759. The highest BCUT2D eigenvalue weighted by atomic mass is 35.5. The molecule has 102 valence electrons. The highest BCUT2D eigenvalue weighted by molar-refractivity contribution is 6.30. The lowest BCUT2D eigenvalue weighted by molar-refractivity contribution is -0.644. The molecule has 0 atom stereocenters. The van der Waals surface area contributed by atoms with Crippen molar-refractivity contribution in [1.82, 2.24) is 4.40 Å². The number of rotatable bonds is 1. The van der Waals surface area contributed by atoms with E-state index in [-0.39, 0.29) is 0 Å². The van der Waals surface area contributed by atoms with Crippen LogP contribution in [0.5, 0.6) is 0 Å². The molecule has 2 aromatic carbocycles. The summed E-state index contributed by atoms with van der Waals surface area (Å²) in [5, 5.41) is 3.24. The van der Waals surface area contributed by atoms with Crippen molar-refractivity contribution in [3.05, 3.63) is 72.1 Å². The van der Waals surface area contributed by atoms with E-state index in [0.717, 1.165) is 5.02 Å². The number of nitrogens with zero attached hydrogens (tertiary/aromatic N) is 2. The van der Waals surface area contributed by atoms with E-state index in [2.05, 4.69) is 71.0 Å². The molecular formula is C18H14ClN2+. The fourth-order valence-electron chi connectivity index (χ4n) is 2.91. The molecular weight excluding hydrogens is 280 g/mol. The van der Waals surface area contributed by atoms with Crippen molar-refractivity contribution in [2.45, 2.75) is 0 Å². The van der Waals surface area contributed by atoms with Crippen LogP contribution in [0.4, 0.5) is 0 Å². The summed E-state index contributed by atoms with van der Waals surface area (Å²) < 4.78 is 4.32. The molecule has 3 heteroatoms. The van der Waals surface area contributed by atoms with Crippen molar-refractivity contribution in [2.75, 3.05) is 0 Å². The Labute approximate surface area is 127 Å². The van der Waals surface area contributed by atoms with Crippen LogP contribution in [0.25, 0.3) is 27.5 Å². The Balaban J connectivity index is 2.20. The van der Waals surface area contributed by atoms with Crippen LogP contribution in [0.2, 0.25) is 5.02 Å². The molecule has 0 amide bonds. The number of hydrogen-bond acceptors (Lipinski definition) is 0. The summed E-state index contributed by atoms with van der Waals surface area (Å²) >= 11 is 6.04. The zero-order valence-electron chi connectivity index (χ0n) is 11.6. The first-order valence-corrected chi connectivity index (χ1v) is 7.26. The quantitative estimate of drug-likeness (QED) is 0.464. The Bertz CT molecular complexity index is 952. The lowest BCUT2D eigenvalue weighted by atomic mass is 10.00. The molecule has 0 saturated heterocycles. The third-order valence-corrected chi connectivity index (χ3v) is 4.15. The van der Waals surface area contributed by atoms with E-state index >= 15 is 0 Å². The average Bonchev–Trinajstić information content (AvgIpc) is 2.87. The molecule has 0 spiro atoms. The van der Waals surface area contributed by atoms with Crippen LogP contribution in [0, 0.1) is 0 Å². The number of fused-ring (bicyclic) bond motifs is 2. The van der Waals surface area contributed by atoms with Crippen molar-refractivity contribution in [3.63, 3.8) is 0 Å². The van der Waals surface area contributed by atoms with Crippen LogP contribution >= 0.6 is 11.6 Å². The van der Waals surface area contributed by atoms with Gasteiger partial charge in [0.1, 0.15) is 18.6 Å². The second kappa shape index (κ2) is 4.61. The summed E-state index contributed by atoms with van der Waals surface area (Å²) in [5.41, 5.74) is 3.59. The van der Waals surface area contributed by atoms with Gasteiger partial charge in [0.05, 0.1) is 12.6 Å². The monoisotopic (exact) mass is 293 g/mol. The topological polar surface area (TPSA) is 8.29 Å². The van der Waals surface area contributed by atoms with Crippen LogP contribution in [-0.4, -0.2) is 4.40 Å². The van der Waals surface area contributed by atoms with Crippen molar-refractivity contribution >= 4 is 28.0 Å². The van der Waals surface area contributed by atoms with Gasteiger partial charge in [0.2, 0.25) is 0 Å². The number of hydrogen-bond donors (Lipinski definition) is 0. The Hall–Kier alpha value is -2.32. The van der Waals surface area contributed by atoms with Gasteiger partial charge in [-0.15, -0.1) is 0 Å². The third-order valence-electron chi connectivity index (χ3n) is 3.89. The number of pyridine rings is 1. The van der Waals surface area contributed by atoms with Gasteiger partial charge in [0.25, 0.3) is 5.65 Å². The van der Waals surface area contributed by atoms with Gasteiger partial charge < -0.3 is 0 Å². The van der Waals surface area contributed by atoms with Crippen LogP contribution in [0.3, 0.4) is 0 Å². The largest absolute Gasteiger partial charge is 0.294 e. The number of halogens is 1. The summed E-state index contributed by atoms with van der Waals surface area (Å²) in [6.07, 6.45) is 6.33. The van der Waals surface area contributed by atoms with E-state index in [9.17, 15) is 0 Å². The molecule has 0 aliphatic carbocycles. The molecule has 21 heavy (non-hydrogen) atoms.